The van der Waals surface area contributed by atoms with Gasteiger partial charge in [0, 0.05) is 22.6 Å². The summed E-state index contributed by atoms with van der Waals surface area (Å²) in [6.07, 6.45) is 4.39. The minimum absolute atomic E-state index is 0.215. The van der Waals surface area contributed by atoms with Crippen LogP contribution in [0.25, 0.3) is 10.9 Å². The molecule has 2 aromatic carbocycles. The van der Waals surface area contributed by atoms with Gasteiger partial charge in [-0.25, -0.2) is 4.79 Å². The Balaban J connectivity index is 1.31. The first-order valence-corrected chi connectivity index (χ1v) is 10.4. The van der Waals surface area contributed by atoms with Crippen molar-refractivity contribution in [2.24, 2.45) is 0 Å². The van der Waals surface area contributed by atoms with Gasteiger partial charge in [-0.3, -0.25) is 4.90 Å². The summed E-state index contributed by atoms with van der Waals surface area (Å²) in [4.78, 5) is 17.1. The lowest BCUT2D eigenvalue weighted by molar-refractivity contribution is 0.0691. The highest BCUT2D eigenvalue weighted by atomic mass is 79.9. The third-order valence-corrected chi connectivity index (χ3v) is 6.17. The van der Waals surface area contributed by atoms with E-state index < -0.39 is 5.97 Å². The van der Waals surface area contributed by atoms with Gasteiger partial charge >= 0.3 is 5.97 Å². The van der Waals surface area contributed by atoms with Gasteiger partial charge in [0.1, 0.15) is 17.9 Å². The fourth-order valence-corrected chi connectivity index (χ4v) is 4.48. The molecule has 2 N–H and O–H groups in total. The number of hydrogen-bond acceptors (Lipinski definition) is 3. The number of aromatic nitrogens is 1. The number of halogens is 1. The quantitative estimate of drug-likeness (QED) is 0.570. The molecule has 0 spiro atoms. The van der Waals surface area contributed by atoms with Crippen LogP contribution < -0.4 is 4.74 Å². The molecule has 0 saturated carbocycles. The minimum Gasteiger partial charge on any atom is -0.491 e. The number of ether oxygens (including phenoxy) is 1. The summed E-state index contributed by atoms with van der Waals surface area (Å²) in [7, 11) is 0. The largest absolute Gasteiger partial charge is 0.491 e. The average molecular weight is 443 g/mol. The van der Waals surface area contributed by atoms with Gasteiger partial charge in [-0.15, -0.1) is 0 Å². The van der Waals surface area contributed by atoms with Crippen molar-refractivity contribution in [3.63, 3.8) is 0 Å². The molecule has 28 heavy (non-hydrogen) atoms. The highest BCUT2D eigenvalue weighted by Gasteiger charge is 2.23. The fraction of sp³-hybridized carbons (Fsp3) is 0.318. The third-order valence-electron chi connectivity index (χ3n) is 5.51. The van der Waals surface area contributed by atoms with E-state index in [-0.39, 0.29) is 5.56 Å². The van der Waals surface area contributed by atoms with Crippen molar-refractivity contribution < 1.29 is 14.6 Å². The van der Waals surface area contributed by atoms with Gasteiger partial charge < -0.3 is 14.8 Å². The van der Waals surface area contributed by atoms with Crippen molar-refractivity contribution in [3.05, 3.63) is 64.3 Å². The number of fused-ring (bicyclic) bond motifs is 1. The minimum atomic E-state index is -0.957. The van der Waals surface area contributed by atoms with E-state index >= 15 is 0 Å². The van der Waals surface area contributed by atoms with Crippen LogP contribution in [0.15, 0.2) is 53.1 Å². The Morgan fingerprint density at radius 3 is 2.75 bits per heavy atom. The normalized spacial score (nSPS) is 15.8. The number of nitrogens with zero attached hydrogens (tertiary/aromatic N) is 1. The molecule has 3 aromatic rings. The highest BCUT2D eigenvalue weighted by molar-refractivity contribution is 9.10. The second-order valence-electron chi connectivity index (χ2n) is 7.17. The van der Waals surface area contributed by atoms with Gasteiger partial charge in [0.25, 0.3) is 0 Å². The predicted molar refractivity (Wildman–Crippen MR) is 113 cm³/mol. The topological polar surface area (TPSA) is 65.6 Å². The molecule has 0 bridgehead atoms. The Hall–Kier alpha value is -2.31. The van der Waals surface area contributed by atoms with Crippen LogP contribution >= 0.6 is 15.9 Å². The molecule has 0 amide bonds. The van der Waals surface area contributed by atoms with Crippen LogP contribution in [0.5, 0.6) is 5.75 Å². The fourth-order valence-electron chi connectivity index (χ4n) is 4.00. The zero-order chi connectivity index (χ0) is 19.5. The van der Waals surface area contributed by atoms with Gasteiger partial charge in [0.15, 0.2) is 0 Å². The first-order valence-electron chi connectivity index (χ1n) is 9.56. The summed E-state index contributed by atoms with van der Waals surface area (Å²) in [6, 6.07) is 13.1. The molecule has 1 saturated heterocycles. The molecule has 1 aliphatic rings. The van der Waals surface area contributed by atoms with Crippen LogP contribution in [-0.2, 0) is 0 Å². The van der Waals surface area contributed by atoms with Crippen LogP contribution in [0.2, 0.25) is 0 Å². The number of rotatable bonds is 6. The standard InChI is InChI=1S/C22H23BrN2O3/c23-19-6-3-5-16-18(14-24-21(16)19)15-8-10-25(11-9-15)12-13-28-20-7-2-1-4-17(20)22(26)27/h1-7,14-15,24H,8-13H2,(H,26,27). The van der Waals surface area contributed by atoms with Crippen LogP contribution in [0.3, 0.4) is 0 Å². The number of para-hydroxylation sites is 2. The SMILES string of the molecule is O=C(O)c1ccccc1OCCN1CCC(c2c[nH]c3c(Br)cccc23)CC1. The molecular weight excluding hydrogens is 420 g/mol. The number of aromatic amines is 1. The monoisotopic (exact) mass is 442 g/mol. The number of H-pyrrole nitrogens is 1. The summed E-state index contributed by atoms with van der Waals surface area (Å²) in [5.74, 6) is 0.0454. The first-order chi connectivity index (χ1) is 13.6. The number of nitrogens with one attached hydrogen (secondary N) is 1. The number of carboxylic acid groups (broad SMARTS) is 1. The van der Waals surface area contributed by atoms with Gasteiger partial charge in [0.2, 0.25) is 0 Å². The zero-order valence-electron chi connectivity index (χ0n) is 15.5. The van der Waals surface area contributed by atoms with E-state index in [0.717, 1.165) is 36.9 Å². The summed E-state index contributed by atoms with van der Waals surface area (Å²) in [6.45, 7) is 3.35. The smallest absolute Gasteiger partial charge is 0.339 e. The summed E-state index contributed by atoms with van der Waals surface area (Å²) in [5, 5.41) is 10.5. The van der Waals surface area contributed by atoms with Crippen LogP contribution in [-0.4, -0.2) is 47.2 Å². The van der Waals surface area contributed by atoms with Crippen LogP contribution in [0, 0.1) is 0 Å². The van der Waals surface area contributed by atoms with E-state index in [1.54, 1.807) is 24.3 Å². The first kappa shape index (κ1) is 19.0. The molecule has 0 unspecified atom stereocenters. The lowest BCUT2D eigenvalue weighted by atomic mass is 9.89. The van der Waals surface area contributed by atoms with E-state index in [0.29, 0.717) is 18.3 Å². The van der Waals surface area contributed by atoms with Gasteiger partial charge in [-0.1, -0.05) is 24.3 Å². The highest BCUT2D eigenvalue weighted by Crippen LogP contribution is 2.35. The van der Waals surface area contributed by atoms with Crippen LogP contribution in [0.4, 0.5) is 0 Å². The van der Waals surface area contributed by atoms with Crippen molar-refractivity contribution in [3.8, 4) is 5.75 Å². The predicted octanol–water partition coefficient (Wildman–Crippen LogP) is 4.89. The molecular formula is C22H23BrN2O3. The Morgan fingerprint density at radius 2 is 1.96 bits per heavy atom. The molecule has 4 rings (SSSR count). The lowest BCUT2D eigenvalue weighted by Crippen LogP contribution is -2.35. The van der Waals surface area contributed by atoms with Gasteiger partial charge in [0.05, 0.1) is 5.52 Å². The molecule has 1 aromatic heterocycles. The molecule has 1 aliphatic heterocycles. The van der Waals surface area contributed by atoms with E-state index in [2.05, 4.69) is 50.2 Å². The lowest BCUT2D eigenvalue weighted by Gasteiger charge is -2.31. The zero-order valence-corrected chi connectivity index (χ0v) is 17.1. The second-order valence-corrected chi connectivity index (χ2v) is 8.03. The molecule has 1 fully saturated rings. The van der Waals surface area contributed by atoms with E-state index in [1.165, 1.54) is 16.5 Å². The van der Waals surface area contributed by atoms with Crippen molar-refractivity contribution in [2.45, 2.75) is 18.8 Å². The third kappa shape index (κ3) is 3.93. The van der Waals surface area contributed by atoms with Crippen molar-refractivity contribution >= 4 is 32.8 Å². The van der Waals surface area contributed by atoms with Crippen molar-refractivity contribution in [1.82, 2.24) is 9.88 Å². The number of benzene rings is 2. The molecule has 5 nitrogen and oxygen atoms in total. The molecule has 6 heteroatoms. The van der Waals surface area contributed by atoms with Gasteiger partial charge in [-0.05, 0) is 71.5 Å². The van der Waals surface area contributed by atoms with E-state index in [9.17, 15) is 9.90 Å². The van der Waals surface area contributed by atoms with E-state index in [4.69, 9.17) is 4.74 Å². The Labute approximate surface area is 172 Å². The molecule has 146 valence electrons. The van der Waals surface area contributed by atoms with Crippen LogP contribution in [0.1, 0.15) is 34.7 Å². The Bertz CT molecular complexity index is 977. The molecule has 0 atom stereocenters. The number of aromatic carboxylic acids is 1. The molecule has 0 radical (unpaired) electrons. The number of likely N-dealkylation sites (tertiary alicyclic amines) is 1. The maximum atomic E-state index is 11.3. The van der Waals surface area contributed by atoms with Gasteiger partial charge in [-0.2, -0.15) is 0 Å². The molecule has 0 aliphatic carbocycles. The Morgan fingerprint density at radius 1 is 1.18 bits per heavy atom. The number of carbonyl (C=O) groups is 1. The second kappa shape index (κ2) is 8.37. The average Bonchev–Trinajstić information content (AvgIpc) is 3.14. The van der Waals surface area contributed by atoms with Crippen molar-refractivity contribution in [2.75, 3.05) is 26.2 Å². The summed E-state index contributed by atoms with van der Waals surface area (Å²) < 4.78 is 6.84. The number of hydrogen-bond donors (Lipinski definition) is 2. The molecule has 2 heterocycles. The Kier molecular flexibility index (Phi) is 5.69. The summed E-state index contributed by atoms with van der Waals surface area (Å²) in [5.41, 5.74) is 2.79. The number of carboxylic acids is 1. The summed E-state index contributed by atoms with van der Waals surface area (Å²) >= 11 is 3.62. The maximum Gasteiger partial charge on any atom is 0.339 e. The number of piperidine rings is 1. The van der Waals surface area contributed by atoms with E-state index in [1.807, 2.05) is 0 Å². The van der Waals surface area contributed by atoms with Crippen molar-refractivity contribution in [1.29, 1.82) is 0 Å². The maximum absolute atomic E-state index is 11.3.